The van der Waals surface area contributed by atoms with Crippen LogP contribution >= 0.6 is 27.7 Å². The molecular formula is C28H41BrFN3O4SSi. The third-order valence-corrected chi connectivity index (χ3v) is 11.2. The Bertz CT molecular complexity index is 1150. The first-order valence-corrected chi connectivity index (χ1v) is 19.0. The van der Waals surface area contributed by atoms with Crippen molar-refractivity contribution in [3.8, 4) is 0 Å². The van der Waals surface area contributed by atoms with Crippen LogP contribution in [0.3, 0.4) is 0 Å². The Hall–Kier alpha value is -1.43. The lowest BCUT2D eigenvalue weighted by molar-refractivity contribution is -0.130. The molecule has 1 aromatic carbocycles. The van der Waals surface area contributed by atoms with E-state index in [9.17, 15) is 9.59 Å². The molecular weight excluding hydrogens is 601 g/mol. The number of rotatable bonds is 7. The van der Waals surface area contributed by atoms with Crippen molar-refractivity contribution in [1.82, 2.24) is 9.80 Å². The number of halogens is 2. The summed E-state index contributed by atoms with van der Waals surface area (Å²) in [5, 5.41) is 0.334. The maximum absolute atomic E-state index is 15.4. The van der Waals surface area contributed by atoms with Crippen LogP contribution in [-0.2, 0) is 19.8 Å². The van der Waals surface area contributed by atoms with Crippen LogP contribution < -0.4 is 0 Å². The zero-order valence-electron chi connectivity index (χ0n) is 24.1. The monoisotopic (exact) mass is 641 g/mol. The zero-order valence-corrected chi connectivity index (χ0v) is 27.5. The molecule has 2 amide bonds. The van der Waals surface area contributed by atoms with Gasteiger partial charge in [0.25, 0.3) is 0 Å². The average molecular weight is 643 g/mol. The van der Waals surface area contributed by atoms with Crippen LogP contribution in [0.25, 0.3) is 0 Å². The first-order valence-electron chi connectivity index (χ1n) is 13.7. The smallest absolute Gasteiger partial charge is 0.418 e. The highest BCUT2D eigenvalue weighted by Crippen LogP contribution is 2.67. The number of aliphatic imine (C=N–C) groups is 1. The number of nitrogens with zero attached hydrogens (tertiary/aromatic N) is 3. The van der Waals surface area contributed by atoms with Crippen molar-refractivity contribution in [1.29, 1.82) is 0 Å². The van der Waals surface area contributed by atoms with Crippen molar-refractivity contribution in [3.63, 3.8) is 0 Å². The fourth-order valence-electron chi connectivity index (χ4n) is 5.23. The number of amidine groups is 1. The molecule has 7 nitrogen and oxygen atoms in total. The van der Waals surface area contributed by atoms with Crippen LogP contribution in [0.5, 0.6) is 0 Å². The van der Waals surface area contributed by atoms with E-state index in [-0.39, 0.29) is 24.4 Å². The summed E-state index contributed by atoms with van der Waals surface area (Å²) in [4.78, 5) is 35.8. The lowest BCUT2D eigenvalue weighted by Gasteiger charge is -2.38. The number of thioether (sulfide) groups is 1. The van der Waals surface area contributed by atoms with Gasteiger partial charge in [0.2, 0.25) is 5.91 Å². The number of hydrogen-bond acceptors (Lipinski definition) is 6. The molecule has 4 rings (SSSR count). The lowest BCUT2D eigenvalue weighted by Crippen LogP contribution is -2.49. The van der Waals surface area contributed by atoms with Gasteiger partial charge in [-0.05, 0) is 71.2 Å². The highest BCUT2D eigenvalue weighted by molar-refractivity contribution is 9.10. The second kappa shape index (κ2) is 11.1. The van der Waals surface area contributed by atoms with E-state index in [2.05, 4.69) is 35.6 Å². The number of fused-ring (bicyclic) bond motifs is 1. The molecule has 1 aromatic rings. The minimum Gasteiger partial charge on any atom is -0.443 e. The van der Waals surface area contributed by atoms with Crippen LogP contribution in [0, 0.1) is 11.7 Å². The highest BCUT2D eigenvalue weighted by Gasteiger charge is 2.72. The van der Waals surface area contributed by atoms with Gasteiger partial charge in [-0.3, -0.25) is 9.79 Å². The molecule has 1 saturated heterocycles. The Morgan fingerprint density at radius 1 is 1.26 bits per heavy atom. The van der Waals surface area contributed by atoms with Gasteiger partial charge in [0.15, 0.2) is 5.17 Å². The van der Waals surface area contributed by atoms with Gasteiger partial charge in [-0.15, -0.1) is 0 Å². The van der Waals surface area contributed by atoms with E-state index in [1.807, 2.05) is 11.8 Å². The zero-order chi connectivity index (χ0) is 28.8. The number of hydrogen-bond donors (Lipinski definition) is 0. The van der Waals surface area contributed by atoms with Gasteiger partial charge in [-0.2, -0.15) is 0 Å². The van der Waals surface area contributed by atoms with Gasteiger partial charge in [0, 0.05) is 43.7 Å². The Morgan fingerprint density at radius 2 is 1.92 bits per heavy atom. The van der Waals surface area contributed by atoms with Gasteiger partial charge in [-0.1, -0.05) is 47.3 Å². The second-order valence-electron chi connectivity index (χ2n) is 13.2. The first-order chi connectivity index (χ1) is 18.1. The van der Waals surface area contributed by atoms with Gasteiger partial charge >= 0.3 is 6.09 Å². The standard InChI is InChI=1S/C28H41BrFN3O4SSi/c1-26(2,3)37-25(35)33(18-36-14-15-39(5,6)7)24-31-27(4,20-16-19(29)10-11-21(20)30)22-17-28(22,38-24)23(34)32-12-8-9-13-32/h10-11,16,22H,8-9,12-15,17-18H2,1-7H3/t22-,27+,28-/m0/s1. The number of amides is 2. The maximum Gasteiger partial charge on any atom is 0.418 e. The normalized spacial score (nSPS) is 26.6. The fourth-order valence-corrected chi connectivity index (χ4v) is 7.98. The predicted octanol–water partition coefficient (Wildman–Crippen LogP) is 6.84. The summed E-state index contributed by atoms with van der Waals surface area (Å²) in [6, 6.07) is 5.74. The van der Waals surface area contributed by atoms with Crippen molar-refractivity contribution in [2.24, 2.45) is 10.9 Å². The second-order valence-corrected chi connectivity index (χ2v) is 21.0. The van der Waals surface area contributed by atoms with E-state index < -0.39 is 30.1 Å². The van der Waals surface area contributed by atoms with Crippen molar-refractivity contribution >= 4 is 52.9 Å². The molecule has 0 aromatic heterocycles. The molecule has 0 spiro atoms. The lowest BCUT2D eigenvalue weighted by atomic mass is 9.85. The third-order valence-electron chi connectivity index (χ3n) is 7.48. The number of carbonyl (C=O) groups is 2. The number of ether oxygens (including phenoxy) is 2. The molecule has 2 aliphatic heterocycles. The summed E-state index contributed by atoms with van der Waals surface area (Å²) in [7, 11) is -1.35. The van der Waals surface area contributed by atoms with E-state index in [0.29, 0.717) is 23.8 Å². The van der Waals surface area contributed by atoms with Crippen molar-refractivity contribution in [2.75, 3.05) is 26.4 Å². The number of benzene rings is 1. The summed E-state index contributed by atoms with van der Waals surface area (Å²) in [5.74, 6) is -0.544. The van der Waals surface area contributed by atoms with Gasteiger partial charge in [-0.25, -0.2) is 14.1 Å². The highest BCUT2D eigenvalue weighted by atomic mass is 79.9. The molecule has 3 atom stereocenters. The summed E-state index contributed by atoms with van der Waals surface area (Å²) < 4.78 is 27.0. The molecule has 1 aliphatic carbocycles. The van der Waals surface area contributed by atoms with Crippen LogP contribution in [0.2, 0.25) is 25.7 Å². The number of carbonyl (C=O) groups excluding carboxylic acids is 2. The summed E-state index contributed by atoms with van der Waals surface area (Å²) >= 11 is 4.79. The molecule has 39 heavy (non-hydrogen) atoms. The van der Waals surface area contributed by atoms with Crippen LogP contribution in [-0.4, -0.2) is 71.8 Å². The molecule has 0 radical (unpaired) electrons. The number of likely N-dealkylation sites (tertiary alicyclic amines) is 1. The molecule has 0 bridgehead atoms. The molecule has 0 N–H and O–H groups in total. The van der Waals surface area contributed by atoms with Crippen LogP contribution in [0.4, 0.5) is 9.18 Å². The Labute approximate surface area is 245 Å². The van der Waals surface area contributed by atoms with E-state index in [0.717, 1.165) is 36.4 Å². The third kappa shape index (κ3) is 6.73. The Balaban J connectivity index is 1.75. The minimum atomic E-state index is -1.35. The van der Waals surface area contributed by atoms with E-state index in [4.69, 9.17) is 14.5 Å². The van der Waals surface area contributed by atoms with Gasteiger partial charge in [0.05, 0.1) is 5.54 Å². The SMILES string of the molecule is CC(C)(C)OC(=O)N(COCC[Si](C)(C)C)C1=N[C@](C)(c2cc(Br)ccc2F)[C@@H]2C[C@]2(C(=O)N2CCCC2)S1. The van der Waals surface area contributed by atoms with Crippen LogP contribution in [0.15, 0.2) is 27.7 Å². The first kappa shape index (κ1) is 30.5. The van der Waals surface area contributed by atoms with E-state index in [1.54, 1.807) is 32.9 Å². The molecule has 0 unspecified atom stereocenters. The molecule has 216 valence electrons. The summed E-state index contributed by atoms with van der Waals surface area (Å²) in [6.45, 7) is 16.0. The predicted molar refractivity (Wildman–Crippen MR) is 160 cm³/mol. The van der Waals surface area contributed by atoms with Crippen molar-refractivity contribution in [3.05, 3.63) is 34.1 Å². The maximum atomic E-state index is 15.4. The van der Waals surface area contributed by atoms with Crippen molar-refractivity contribution in [2.45, 2.75) is 88.5 Å². The molecule has 1 saturated carbocycles. The molecule has 3 aliphatic rings. The molecule has 11 heteroatoms. The van der Waals surface area contributed by atoms with Gasteiger partial charge in [0.1, 0.15) is 22.9 Å². The summed E-state index contributed by atoms with van der Waals surface area (Å²) in [5.41, 5.74) is -1.39. The van der Waals surface area contributed by atoms with Crippen LogP contribution in [0.1, 0.15) is 52.5 Å². The average Bonchev–Trinajstić information content (AvgIpc) is 3.33. The largest absolute Gasteiger partial charge is 0.443 e. The molecule has 2 fully saturated rings. The summed E-state index contributed by atoms with van der Waals surface area (Å²) in [6.07, 6.45) is 1.91. The van der Waals surface area contributed by atoms with E-state index >= 15 is 4.39 Å². The fraction of sp³-hybridized carbons (Fsp3) is 0.679. The topological polar surface area (TPSA) is 71.4 Å². The molecule has 2 heterocycles. The Kier molecular flexibility index (Phi) is 8.68. The minimum absolute atomic E-state index is 0.0489. The van der Waals surface area contributed by atoms with Crippen molar-refractivity contribution < 1.29 is 23.5 Å². The Morgan fingerprint density at radius 3 is 2.54 bits per heavy atom. The van der Waals surface area contributed by atoms with Gasteiger partial charge < -0.3 is 14.4 Å². The quantitative estimate of drug-likeness (QED) is 0.185. The van der Waals surface area contributed by atoms with E-state index in [1.165, 1.54) is 22.7 Å².